The van der Waals surface area contributed by atoms with E-state index in [-0.39, 0.29) is 5.91 Å². The molecular formula is C21H26ClN3O3S. The van der Waals surface area contributed by atoms with E-state index in [0.717, 1.165) is 17.5 Å². The fraction of sp³-hybridized carbons (Fsp3) is 0.381. The van der Waals surface area contributed by atoms with Crippen LogP contribution in [0.1, 0.15) is 12.5 Å². The van der Waals surface area contributed by atoms with E-state index in [1.54, 1.807) is 36.9 Å². The maximum absolute atomic E-state index is 13.2. The summed E-state index contributed by atoms with van der Waals surface area (Å²) >= 11 is 6.10. The first-order valence-corrected chi connectivity index (χ1v) is 11.8. The lowest BCUT2D eigenvalue weighted by Gasteiger charge is -2.39. The molecule has 1 aliphatic heterocycles. The molecule has 1 heterocycles. The Morgan fingerprint density at radius 1 is 1.07 bits per heavy atom. The summed E-state index contributed by atoms with van der Waals surface area (Å²) in [7, 11) is -3.68. The van der Waals surface area contributed by atoms with Gasteiger partial charge in [-0.2, -0.15) is 0 Å². The van der Waals surface area contributed by atoms with E-state index < -0.39 is 16.1 Å². The summed E-state index contributed by atoms with van der Waals surface area (Å²) in [5.41, 5.74) is 2.30. The minimum atomic E-state index is -3.68. The zero-order valence-electron chi connectivity index (χ0n) is 16.9. The third-order valence-corrected chi connectivity index (χ3v) is 6.65. The number of sulfonamides is 1. The van der Waals surface area contributed by atoms with Crippen LogP contribution in [0.4, 0.5) is 11.4 Å². The molecule has 1 aliphatic rings. The number of amides is 1. The number of benzene rings is 2. The SMILES string of the molecule is Cc1ccc(Cl)cc1N([C@@H](C)C(=O)N1CCN(c2ccccc2)CC1)S(C)(=O)=O. The smallest absolute Gasteiger partial charge is 0.246 e. The minimum absolute atomic E-state index is 0.206. The lowest BCUT2D eigenvalue weighted by atomic mass is 10.1. The predicted octanol–water partition coefficient (Wildman–Crippen LogP) is 3.15. The Hall–Kier alpha value is -2.25. The zero-order valence-corrected chi connectivity index (χ0v) is 18.4. The fourth-order valence-electron chi connectivity index (χ4n) is 3.68. The number of carbonyl (C=O) groups excluding carboxylic acids is 1. The second kappa shape index (κ2) is 8.63. The van der Waals surface area contributed by atoms with Gasteiger partial charge in [-0.05, 0) is 43.7 Å². The summed E-state index contributed by atoms with van der Waals surface area (Å²) in [6.45, 7) is 5.94. The lowest BCUT2D eigenvalue weighted by molar-refractivity contribution is -0.132. The Morgan fingerprint density at radius 2 is 1.69 bits per heavy atom. The summed E-state index contributed by atoms with van der Waals surface area (Å²) in [5.74, 6) is -0.206. The highest BCUT2D eigenvalue weighted by Gasteiger charge is 2.34. The van der Waals surface area contributed by atoms with Gasteiger partial charge < -0.3 is 9.80 Å². The molecule has 29 heavy (non-hydrogen) atoms. The molecule has 1 atom stereocenters. The predicted molar refractivity (Wildman–Crippen MR) is 118 cm³/mol. The molecule has 1 saturated heterocycles. The van der Waals surface area contributed by atoms with Crippen molar-refractivity contribution >= 4 is 38.9 Å². The van der Waals surface area contributed by atoms with Crippen LogP contribution in [0.2, 0.25) is 5.02 Å². The molecule has 0 aliphatic carbocycles. The highest BCUT2D eigenvalue weighted by Crippen LogP contribution is 2.29. The molecule has 0 spiro atoms. The van der Waals surface area contributed by atoms with Gasteiger partial charge in [0.05, 0.1) is 11.9 Å². The van der Waals surface area contributed by atoms with Crippen LogP contribution in [0, 0.1) is 6.92 Å². The van der Waals surface area contributed by atoms with Crippen LogP contribution in [0.25, 0.3) is 0 Å². The van der Waals surface area contributed by atoms with Gasteiger partial charge in [0, 0.05) is 36.9 Å². The first-order valence-electron chi connectivity index (χ1n) is 9.53. The van der Waals surface area contributed by atoms with Gasteiger partial charge in [0.1, 0.15) is 6.04 Å². The monoisotopic (exact) mass is 435 g/mol. The molecule has 0 radical (unpaired) electrons. The molecule has 1 amide bonds. The van der Waals surface area contributed by atoms with Crippen molar-refractivity contribution in [3.8, 4) is 0 Å². The molecule has 8 heteroatoms. The number of carbonyl (C=O) groups is 1. The van der Waals surface area contributed by atoms with Gasteiger partial charge in [-0.3, -0.25) is 9.10 Å². The summed E-state index contributed by atoms with van der Waals surface area (Å²) in [5, 5.41) is 0.426. The second-order valence-electron chi connectivity index (χ2n) is 7.31. The van der Waals surface area contributed by atoms with Crippen molar-refractivity contribution in [3.63, 3.8) is 0 Å². The van der Waals surface area contributed by atoms with E-state index in [0.29, 0.717) is 36.9 Å². The summed E-state index contributed by atoms with van der Waals surface area (Å²) < 4.78 is 26.3. The Bertz CT molecular complexity index is 974. The van der Waals surface area contributed by atoms with Gasteiger partial charge >= 0.3 is 0 Å². The minimum Gasteiger partial charge on any atom is -0.368 e. The van der Waals surface area contributed by atoms with Crippen LogP contribution in [0.15, 0.2) is 48.5 Å². The number of halogens is 1. The molecule has 6 nitrogen and oxygen atoms in total. The van der Waals surface area contributed by atoms with E-state index in [1.807, 2.05) is 30.3 Å². The number of rotatable bonds is 5. The Labute approximate surface area is 177 Å². The van der Waals surface area contributed by atoms with Crippen molar-refractivity contribution in [1.82, 2.24) is 4.90 Å². The van der Waals surface area contributed by atoms with Gasteiger partial charge in [0.15, 0.2) is 0 Å². The van der Waals surface area contributed by atoms with Crippen LogP contribution in [0.5, 0.6) is 0 Å². The lowest BCUT2D eigenvalue weighted by Crippen LogP contribution is -2.55. The van der Waals surface area contributed by atoms with E-state index in [2.05, 4.69) is 4.90 Å². The molecular weight excluding hydrogens is 410 g/mol. The summed E-state index contributed by atoms with van der Waals surface area (Å²) in [6.07, 6.45) is 1.12. The average Bonchev–Trinajstić information content (AvgIpc) is 2.70. The van der Waals surface area contributed by atoms with Crippen LogP contribution in [0.3, 0.4) is 0 Å². The molecule has 2 aromatic rings. The molecule has 0 aromatic heterocycles. The number of aryl methyl sites for hydroxylation is 1. The van der Waals surface area contributed by atoms with Crippen molar-refractivity contribution in [3.05, 3.63) is 59.1 Å². The number of nitrogens with zero attached hydrogens (tertiary/aromatic N) is 3. The molecule has 3 rings (SSSR count). The average molecular weight is 436 g/mol. The van der Waals surface area contributed by atoms with E-state index in [4.69, 9.17) is 11.6 Å². The Balaban J connectivity index is 1.78. The summed E-state index contributed by atoms with van der Waals surface area (Å²) in [4.78, 5) is 17.1. The first kappa shape index (κ1) is 21.5. The number of para-hydroxylation sites is 1. The maximum Gasteiger partial charge on any atom is 0.246 e. The second-order valence-corrected chi connectivity index (χ2v) is 9.61. The third kappa shape index (κ3) is 4.85. The van der Waals surface area contributed by atoms with Crippen LogP contribution in [-0.2, 0) is 14.8 Å². The van der Waals surface area contributed by atoms with Gasteiger partial charge in [-0.15, -0.1) is 0 Å². The number of anilines is 2. The number of hydrogen-bond donors (Lipinski definition) is 0. The van der Waals surface area contributed by atoms with Crippen molar-refractivity contribution in [1.29, 1.82) is 0 Å². The molecule has 1 fully saturated rings. The van der Waals surface area contributed by atoms with Crippen molar-refractivity contribution in [2.24, 2.45) is 0 Å². The number of hydrogen-bond acceptors (Lipinski definition) is 4. The zero-order chi connectivity index (χ0) is 21.2. The van der Waals surface area contributed by atoms with Crippen LogP contribution >= 0.6 is 11.6 Å². The quantitative estimate of drug-likeness (QED) is 0.723. The van der Waals surface area contributed by atoms with Crippen LogP contribution in [-0.4, -0.2) is 57.7 Å². The first-order chi connectivity index (χ1) is 13.7. The number of piperazine rings is 1. The van der Waals surface area contributed by atoms with Gasteiger partial charge in [-0.1, -0.05) is 35.9 Å². The van der Waals surface area contributed by atoms with Crippen LogP contribution < -0.4 is 9.21 Å². The molecule has 0 saturated carbocycles. The van der Waals surface area contributed by atoms with Crippen molar-refractivity contribution in [2.45, 2.75) is 19.9 Å². The van der Waals surface area contributed by atoms with Crippen molar-refractivity contribution < 1.29 is 13.2 Å². The van der Waals surface area contributed by atoms with Gasteiger partial charge in [-0.25, -0.2) is 8.42 Å². The molecule has 0 N–H and O–H groups in total. The van der Waals surface area contributed by atoms with E-state index >= 15 is 0 Å². The molecule has 0 bridgehead atoms. The molecule has 2 aromatic carbocycles. The largest absolute Gasteiger partial charge is 0.368 e. The van der Waals surface area contributed by atoms with Gasteiger partial charge in [0.25, 0.3) is 0 Å². The molecule has 156 valence electrons. The standard InChI is InChI=1S/C21H26ClN3O3S/c1-16-9-10-18(22)15-20(16)25(29(3,27)28)17(2)21(26)24-13-11-23(12-14-24)19-7-5-4-6-8-19/h4-10,15,17H,11-14H2,1-3H3/t17-/m0/s1. The fourth-order valence-corrected chi connectivity index (χ4v) is 5.07. The third-order valence-electron chi connectivity index (χ3n) is 5.19. The highest BCUT2D eigenvalue weighted by atomic mass is 35.5. The maximum atomic E-state index is 13.2. The van der Waals surface area contributed by atoms with E-state index in [1.165, 1.54) is 4.31 Å². The van der Waals surface area contributed by atoms with Crippen molar-refractivity contribution in [2.75, 3.05) is 41.6 Å². The Morgan fingerprint density at radius 3 is 2.28 bits per heavy atom. The molecule has 0 unspecified atom stereocenters. The van der Waals surface area contributed by atoms with Gasteiger partial charge in [0.2, 0.25) is 15.9 Å². The highest BCUT2D eigenvalue weighted by molar-refractivity contribution is 7.92. The normalized spacial score (nSPS) is 15.9. The van der Waals surface area contributed by atoms with E-state index in [9.17, 15) is 13.2 Å². The Kier molecular flexibility index (Phi) is 6.39. The summed E-state index contributed by atoms with van der Waals surface area (Å²) in [6, 6.07) is 14.3. The topological polar surface area (TPSA) is 60.9 Å².